The first-order chi connectivity index (χ1) is 11.0. The zero-order chi connectivity index (χ0) is 16.8. The number of carbonyl (C=O) groups is 1. The molecule has 0 radical (unpaired) electrons. The van der Waals surface area contributed by atoms with Crippen LogP contribution in [0.15, 0.2) is 24.3 Å². The van der Waals surface area contributed by atoms with Crippen molar-refractivity contribution in [3.8, 4) is 0 Å². The highest BCUT2D eigenvalue weighted by atomic mass is 16.6. The smallest absolute Gasteiger partial charge is 0.407 e. The third-order valence-electron chi connectivity index (χ3n) is 4.88. The highest BCUT2D eigenvalue weighted by Gasteiger charge is 2.33. The van der Waals surface area contributed by atoms with E-state index >= 15 is 0 Å². The Morgan fingerprint density at radius 1 is 1.30 bits per heavy atom. The lowest BCUT2D eigenvalue weighted by molar-refractivity contribution is 0.00631. The molecule has 4 nitrogen and oxygen atoms in total. The first-order valence-electron chi connectivity index (χ1n) is 8.74. The van der Waals surface area contributed by atoms with Gasteiger partial charge >= 0.3 is 6.09 Å². The summed E-state index contributed by atoms with van der Waals surface area (Å²) in [6.07, 6.45) is 3.92. The number of amides is 1. The summed E-state index contributed by atoms with van der Waals surface area (Å²) in [6, 6.07) is 7.73. The number of nitrogen functional groups attached to an aromatic ring is 1. The van der Waals surface area contributed by atoms with Crippen molar-refractivity contribution in [3.63, 3.8) is 0 Å². The zero-order valence-corrected chi connectivity index (χ0v) is 14.5. The second-order valence-electron chi connectivity index (χ2n) is 7.19. The summed E-state index contributed by atoms with van der Waals surface area (Å²) in [4.78, 5) is 12.1. The van der Waals surface area contributed by atoms with Gasteiger partial charge in [-0.3, -0.25) is 0 Å². The van der Waals surface area contributed by atoms with Crippen LogP contribution in [0.5, 0.6) is 0 Å². The predicted molar refractivity (Wildman–Crippen MR) is 94.2 cm³/mol. The third-order valence-corrected chi connectivity index (χ3v) is 4.88. The summed E-state index contributed by atoms with van der Waals surface area (Å²) in [5, 5.41) is 2.87. The molecule has 3 atom stereocenters. The number of alkyl carbamates (subject to hydrolysis) is 1. The summed E-state index contributed by atoms with van der Waals surface area (Å²) in [6.45, 7) is 7.26. The van der Waals surface area contributed by atoms with E-state index in [-0.39, 0.29) is 12.2 Å². The van der Waals surface area contributed by atoms with Crippen LogP contribution in [0.2, 0.25) is 0 Å². The number of rotatable bonds is 5. The second kappa shape index (κ2) is 8.23. The summed E-state index contributed by atoms with van der Waals surface area (Å²) in [7, 11) is 0. The molecule has 0 heterocycles. The number of nitrogens with two attached hydrogens (primary N) is 1. The van der Waals surface area contributed by atoms with Crippen molar-refractivity contribution in [1.29, 1.82) is 0 Å². The number of ether oxygens (including phenoxy) is 1. The van der Waals surface area contributed by atoms with Crippen molar-refractivity contribution in [2.75, 3.05) is 12.3 Å². The lowest BCUT2D eigenvalue weighted by Gasteiger charge is -2.36. The Balaban J connectivity index is 1.77. The van der Waals surface area contributed by atoms with Gasteiger partial charge in [0.2, 0.25) is 0 Å². The number of hydrogen-bond acceptors (Lipinski definition) is 3. The van der Waals surface area contributed by atoms with Gasteiger partial charge in [0, 0.05) is 12.2 Å². The van der Waals surface area contributed by atoms with Gasteiger partial charge in [0.05, 0.1) is 0 Å². The van der Waals surface area contributed by atoms with Crippen LogP contribution in [-0.4, -0.2) is 18.7 Å². The van der Waals surface area contributed by atoms with E-state index in [4.69, 9.17) is 10.5 Å². The summed E-state index contributed by atoms with van der Waals surface area (Å²) in [5.74, 6) is 1.67. The Bertz CT molecular complexity index is 499. The van der Waals surface area contributed by atoms with Crippen molar-refractivity contribution in [3.05, 3.63) is 29.8 Å². The first kappa shape index (κ1) is 17.6. The van der Waals surface area contributed by atoms with Crippen LogP contribution in [0.1, 0.15) is 45.6 Å². The molecule has 1 aliphatic carbocycles. The minimum Gasteiger partial charge on any atom is -0.446 e. The highest BCUT2D eigenvalue weighted by molar-refractivity contribution is 5.67. The minimum absolute atomic E-state index is 0.0512. The number of nitrogens with one attached hydrogen (secondary N) is 1. The number of carbonyl (C=O) groups excluding carboxylic acids is 1. The lowest BCUT2D eigenvalue weighted by atomic mass is 9.75. The molecule has 0 aromatic heterocycles. The fourth-order valence-electron chi connectivity index (χ4n) is 3.42. The van der Waals surface area contributed by atoms with Gasteiger partial charge in [-0.25, -0.2) is 4.79 Å². The van der Waals surface area contributed by atoms with Crippen LogP contribution < -0.4 is 11.1 Å². The fraction of sp³-hybridized carbons (Fsp3) is 0.632. The topological polar surface area (TPSA) is 64.3 Å². The largest absolute Gasteiger partial charge is 0.446 e. The summed E-state index contributed by atoms with van der Waals surface area (Å²) < 4.78 is 5.72. The molecule has 0 unspecified atom stereocenters. The Hall–Kier alpha value is -1.71. The molecule has 3 N–H and O–H groups in total. The van der Waals surface area contributed by atoms with E-state index in [1.54, 1.807) is 0 Å². The number of benzene rings is 1. The maximum absolute atomic E-state index is 12.1. The molecule has 1 saturated carbocycles. The molecule has 128 valence electrons. The Morgan fingerprint density at radius 3 is 2.65 bits per heavy atom. The number of hydrogen-bond donors (Lipinski definition) is 2. The van der Waals surface area contributed by atoms with Crippen molar-refractivity contribution in [2.24, 2.45) is 17.8 Å². The Labute approximate surface area is 139 Å². The van der Waals surface area contributed by atoms with Gasteiger partial charge in [-0.2, -0.15) is 0 Å². The van der Waals surface area contributed by atoms with Gasteiger partial charge in [0.15, 0.2) is 0 Å². The van der Waals surface area contributed by atoms with Crippen LogP contribution in [0.25, 0.3) is 0 Å². The molecule has 23 heavy (non-hydrogen) atoms. The molecule has 0 aliphatic heterocycles. The van der Waals surface area contributed by atoms with Gasteiger partial charge in [-0.15, -0.1) is 0 Å². The van der Waals surface area contributed by atoms with Crippen LogP contribution >= 0.6 is 0 Å². The molecule has 2 rings (SSSR count). The Morgan fingerprint density at radius 2 is 2.00 bits per heavy atom. The van der Waals surface area contributed by atoms with E-state index in [0.717, 1.165) is 30.5 Å². The van der Waals surface area contributed by atoms with E-state index in [1.165, 1.54) is 6.42 Å². The molecule has 1 aromatic rings. The van der Waals surface area contributed by atoms with Crippen molar-refractivity contribution in [2.45, 2.75) is 52.6 Å². The fourth-order valence-corrected chi connectivity index (χ4v) is 3.42. The van der Waals surface area contributed by atoms with E-state index in [9.17, 15) is 4.79 Å². The molecule has 0 bridgehead atoms. The van der Waals surface area contributed by atoms with E-state index in [1.807, 2.05) is 24.3 Å². The molecule has 1 aliphatic rings. The standard InChI is InChI=1S/C19H30N2O2/c1-13(2)17-9-4-14(3)12-18(17)23-19(22)21-11-10-15-5-7-16(20)8-6-15/h5-8,13-14,17-18H,4,9-12,20H2,1-3H3,(H,21,22)/t14-,17+,18-/m1/s1. The van der Waals surface area contributed by atoms with E-state index in [0.29, 0.717) is 24.3 Å². The third kappa shape index (κ3) is 5.45. The molecule has 1 fully saturated rings. The van der Waals surface area contributed by atoms with Crippen LogP contribution in [0.4, 0.5) is 10.5 Å². The highest BCUT2D eigenvalue weighted by Crippen LogP contribution is 2.35. The van der Waals surface area contributed by atoms with Crippen LogP contribution in [0.3, 0.4) is 0 Å². The minimum atomic E-state index is -0.287. The first-order valence-corrected chi connectivity index (χ1v) is 8.74. The van der Waals surface area contributed by atoms with Gasteiger partial charge < -0.3 is 15.8 Å². The molecule has 0 saturated heterocycles. The van der Waals surface area contributed by atoms with Crippen molar-refractivity contribution >= 4 is 11.8 Å². The van der Waals surface area contributed by atoms with Crippen molar-refractivity contribution < 1.29 is 9.53 Å². The quantitative estimate of drug-likeness (QED) is 0.807. The van der Waals surface area contributed by atoms with Crippen molar-refractivity contribution in [1.82, 2.24) is 5.32 Å². The normalized spacial score (nSPS) is 24.4. The maximum atomic E-state index is 12.1. The second-order valence-corrected chi connectivity index (χ2v) is 7.19. The maximum Gasteiger partial charge on any atom is 0.407 e. The molecular formula is C19H30N2O2. The monoisotopic (exact) mass is 318 g/mol. The van der Waals surface area contributed by atoms with Gasteiger partial charge in [0.25, 0.3) is 0 Å². The molecule has 4 heteroatoms. The molecular weight excluding hydrogens is 288 g/mol. The van der Waals surface area contributed by atoms with Gasteiger partial charge in [-0.1, -0.05) is 39.3 Å². The van der Waals surface area contributed by atoms with E-state index < -0.39 is 0 Å². The molecule has 1 amide bonds. The average Bonchev–Trinajstić information content (AvgIpc) is 2.49. The van der Waals surface area contributed by atoms with E-state index in [2.05, 4.69) is 26.1 Å². The zero-order valence-electron chi connectivity index (χ0n) is 14.5. The summed E-state index contributed by atoms with van der Waals surface area (Å²) >= 11 is 0. The Kier molecular flexibility index (Phi) is 6.31. The predicted octanol–water partition coefficient (Wildman–Crippen LogP) is 4.00. The van der Waals surface area contributed by atoms with Crippen LogP contribution in [-0.2, 0) is 11.2 Å². The SMILES string of the molecule is CC(C)[C@@H]1CC[C@@H](C)C[C@H]1OC(=O)NCCc1ccc(N)cc1. The van der Waals surface area contributed by atoms with Gasteiger partial charge in [-0.05, 0) is 54.7 Å². The molecule has 0 spiro atoms. The van der Waals surface area contributed by atoms with Crippen LogP contribution in [0, 0.1) is 17.8 Å². The van der Waals surface area contributed by atoms with Gasteiger partial charge in [0.1, 0.15) is 6.10 Å². The summed E-state index contributed by atoms with van der Waals surface area (Å²) in [5.41, 5.74) is 7.58. The average molecular weight is 318 g/mol. The number of anilines is 1. The molecule has 1 aromatic carbocycles. The lowest BCUT2D eigenvalue weighted by Crippen LogP contribution is -2.39.